The first kappa shape index (κ1) is 7.92. The predicted molar refractivity (Wildman–Crippen MR) is 50.9 cm³/mol. The summed E-state index contributed by atoms with van der Waals surface area (Å²) in [6.45, 7) is 0. The summed E-state index contributed by atoms with van der Waals surface area (Å²) in [5, 5.41) is 9.33. The fourth-order valence-corrected chi connectivity index (χ4v) is 1.35. The van der Waals surface area contributed by atoms with Gasteiger partial charge in [0, 0.05) is 12.6 Å². The molecule has 0 aliphatic rings. The van der Waals surface area contributed by atoms with Crippen LogP contribution in [0.25, 0.3) is 0 Å². The van der Waals surface area contributed by atoms with E-state index in [0.717, 1.165) is 16.8 Å². The van der Waals surface area contributed by atoms with E-state index < -0.39 is 0 Å². The summed E-state index contributed by atoms with van der Waals surface area (Å²) >= 11 is 0. The maximum absolute atomic E-state index is 9.33. The van der Waals surface area contributed by atoms with Gasteiger partial charge in [-0.1, -0.05) is 30.3 Å². The van der Waals surface area contributed by atoms with Crippen LogP contribution in [0.15, 0.2) is 48.7 Å². The standard InChI is InChI=1S/C11H11NO/c13-12-8-4-7-11(12)9-10-5-2-1-3-6-10/h1-8,13H,9H2. The van der Waals surface area contributed by atoms with Crippen molar-refractivity contribution in [3.63, 3.8) is 0 Å². The molecule has 2 rings (SSSR count). The smallest absolute Gasteiger partial charge is 0.0610 e. The summed E-state index contributed by atoms with van der Waals surface area (Å²) in [5.41, 5.74) is 2.11. The highest BCUT2D eigenvalue weighted by Crippen LogP contribution is 2.08. The molecule has 1 heterocycles. The van der Waals surface area contributed by atoms with E-state index in [0.29, 0.717) is 0 Å². The zero-order valence-electron chi connectivity index (χ0n) is 7.22. The largest absolute Gasteiger partial charge is 0.429 e. The highest BCUT2D eigenvalue weighted by Gasteiger charge is 1.99. The topological polar surface area (TPSA) is 25.2 Å². The first-order valence-electron chi connectivity index (χ1n) is 4.25. The molecule has 0 saturated carbocycles. The molecule has 0 aliphatic heterocycles. The lowest BCUT2D eigenvalue weighted by molar-refractivity contribution is 0.179. The third-order valence-corrected chi connectivity index (χ3v) is 2.04. The average molecular weight is 173 g/mol. The van der Waals surface area contributed by atoms with Crippen molar-refractivity contribution in [3.8, 4) is 0 Å². The Morgan fingerprint density at radius 2 is 1.77 bits per heavy atom. The van der Waals surface area contributed by atoms with Gasteiger partial charge in [-0.2, -0.15) is 4.73 Å². The van der Waals surface area contributed by atoms with Crippen molar-refractivity contribution in [3.05, 3.63) is 59.9 Å². The SMILES string of the molecule is On1cccc1Cc1ccccc1. The quantitative estimate of drug-likeness (QED) is 0.693. The zero-order chi connectivity index (χ0) is 9.10. The van der Waals surface area contributed by atoms with E-state index in [9.17, 15) is 5.21 Å². The van der Waals surface area contributed by atoms with Crippen LogP contribution >= 0.6 is 0 Å². The minimum Gasteiger partial charge on any atom is -0.429 e. The molecular formula is C11H11NO. The van der Waals surface area contributed by atoms with Crippen LogP contribution in [0.1, 0.15) is 11.3 Å². The Balaban J connectivity index is 2.20. The van der Waals surface area contributed by atoms with E-state index >= 15 is 0 Å². The number of aromatic nitrogens is 1. The minimum atomic E-state index is 0.768. The van der Waals surface area contributed by atoms with Crippen molar-refractivity contribution in [1.82, 2.24) is 4.73 Å². The fraction of sp³-hybridized carbons (Fsp3) is 0.0909. The summed E-state index contributed by atoms with van der Waals surface area (Å²) in [6, 6.07) is 13.8. The lowest BCUT2D eigenvalue weighted by atomic mass is 10.1. The number of nitrogens with zero attached hydrogens (tertiary/aromatic N) is 1. The van der Waals surface area contributed by atoms with Crippen molar-refractivity contribution in [2.75, 3.05) is 0 Å². The second kappa shape index (κ2) is 3.35. The van der Waals surface area contributed by atoms with Crippen LogP contribution in [0.5, 0.6) is 0 Å². The molecule has 0 bridgehead atoms. The zero-order valence-corrected chi connectivity index (χ0v) is 7.22. The molecule has 2 heteroatoms. The Labute approximate surface area is 77.0 Å². The van der Waals surface area contributed by atoms with Crippen molar-refractivity contribution in [1.29, 1.82) is 0 Å². The number of hydrogen-bond donors (Lipinski definition) is 1. The Morgan fingerprint density at radius 3 is 2.38 bits per heavy atom. The van der Waals surface area contributed by atoms with Gasteiger partial charge in [0.1, 0.15) is 0 Å². The van der Waals surface area contributed by atoms with Crippen molar-refractivity contribution < 1.29 is 5.21 Å². The van der Waals surface area contributed by atoms with E-state index in [4.69, 9.17) is 0 Å². The molecule has 0 atom stereocenters. The lowest BCUT2D eigenvalue weighted by Crippen LogP contribution is -1.96. The van der Waals surface area contributed by atoms with Gasteiger partial charge in [-0.25, -0.2) is 0 Å². The van der Waals surface area contributed by atoms with Gasteiger partial charge in [-0.3, -0.25) is 0 Å². The normalized spacial score (nSPS) is 10.2. The molecular weight excluding hydrogens is 162 g/mol. The summed E-state index contributed by atoms with van der Waals surface area (Å²) in [7, 11) is 0. The van der Waals surface area contributed by atoms with E-state index in [1.807, 2.05) is 42.5 Å². The van der Waals surface area contributed by atoms with E-state index in [1.165, 1.54) is 5.56 Å². The van der Waals surface area contributed by atoms with E-state index in [2.05, 4.69) is 0 Å². The van der Waals surface area contributed by atoms with Crippen molar-refractivity contribution in [2.45, 2.75) is 6.42 Å². The fourth-order valence-electron chi connectivity index (χ4n) is 1.35. The van der Waals surface area contributed by atoms with E-state index in [-0.39, 0.29) is 0 Å². The summed E-state index contributed by atoms with van der Waals surface area (Å²) in [5.74, 6) is 0. The molecule has 13 heavy (non-hydrogen) atoms. The molecule has 0 amide bonds. The van der Waals surface area contributed by atoms with Gasteiger partial charge < -0.3 is 5.21 Å². The molecule has 1 aromatic heterocycles. The highest BCUT2D eigenvalue weighted by atomic mass is 16.5. The van der Waals surface area contributed by atoms with Crippen LogP contribution in [0.3, 0.4) is 0 Å². The van der Waals surface area contributed by atoms with Gasteiger partial charge in [0.15, 0.2) is 0 Å². The second-order valence-corrected chi connectivity index (χ2v) is 3.01. The van der Waals surface area contributed by atoms with Gasteiger partial charge in [0.25, 0.3) is 0 Å². The first-order chi connectivity index (χ1) is 6.36. The van der Waals surface area contributed by atoms with Crippen LogP contribution in [0.4, 0.5) is 0 Å². The lowest BCUT2D eigenvalue weighted by Gasteiger charge is -2.01. The van der Waals surface area contributed by atoms with Crippen LogP contribution in [-0.4, -0.2) is 9.94 Å². The molecule has 0 unspecified atom stereocenters. The molecule has 0 radical (unpaired) electrons. The molecule has 0 spiro atoms. The summed E-state index contributed by atoms with van der Waals surface area (Å²) in [4.78, 5) is 0. The van der Waals surface area contributed by atoms with Crippen molar-refractivity contribution in [2.24, 2.45) is 0 Å². The molecule has 0 aliphatic carbocycles. The maximum Gasteiger partial charge on any atom is 0.0610 e. The molecule has 1 aromatic carbocycles. The molecule has 2 nitrogen and oxygen atoms in total. The van der Waals surface area contributed by atoms with Crippen LogP contribution in [-0.2, 0) is 6.42 Å². The van der Waals surface area contributed by atoms with Gasteiger partial charge >= 0.3 is 0 Å². The molecule has 1 N–H and O–H groups in total. The first-order valence-corrected chi connectivity index (χ1v) is 4.25. The Kier molecular flexibility index (Phi) is 2.04. The minimum absolute atomic E-state index is 0.768. The van der Waals surface area contributed by atoms with Crippen LogP contribution < -0.4 is 0 Å². The predicted octanol–water partition coefficient (Wildman–Crippen LogP) is 2.32. The Morgan fingerprint density at radius 1 is 1.00 bits per heavy atom. The Hall–Kier alpha value is -1.70. The monoisotopic (exact) mass is 173 g/mol. The third-order valence-electron chi connectivity index (χ3n) is 2.04. The third kappa shape index (κ3) is 1.72. The number of hydrogen-bond acceptors (Lipinski definition) is 1. The maximum atomic E-state index is 9.33. The highest BCUT2D eigenvalue weighted by molar-refractivity contribution is 5.21. The molecule has 2 aromatic rings. The van der Waals surface area contributed by atoms with Gasteiger partial charge in [0.2, 0.25) is 0 Å². The van der Waals surface area contributed by atoms with Gasteiger partial charge in [0.05, 0.1) is 5.69 Å². The number of benzene rings is 1. The average Bonchev–Trinajstić information content (AvgIpc) is 2.54. The molecule has 0 fully saturated rings. The summed E-state index contributed by atoms with van der Waals surface area (Å²) in [6.07, 6.45) is 2.41. The molecule has 66 valence electrons. The Bertz CT molecular complexity index is 378. The van der Waals surface area contributed by atoms with Gasteiger partial charge in [-0.05, 0) is 17.7 Å². The molecule has 0 saturated heterocycles. The van der Waals surface area contributed by atoms with Gasteiger partial charge in [-0.15, -0.1) is 0 Å². The van der Waals surface area contributed by atoms with E-state index in [1.54, 1.807) is 6.20 Å². The van der Waals surface area contributed by atoms with Crippen LogP contribution in [0.2, 0.25) is 0 Å². The number of rotatable bonds is 2. The van der Waals surface area contributed by atoms with Crippen LogP contribution in [0, 0.1) is 0 Å². The summed E-state index contributed by atoms with van der Waals surface area (Å²) < 4.78 is 1.16. The van der Waals surface area contributed by atoms with Crippen molar-refractivity contribution >= 4 is 0 Å². The second-order valence-electron chi connectivity index (χ2n) is 3.01.